The number of aromatic nitrogens is 3. The van der Waals surface area contributed by atoms with Crippen LogP contribution in [0.3, 0.4) is 0 Å². The Morgan fingerprint density at radius 2 is 2.23 bits per heavy atom. The van der Waals surface area contributed by atoms with Crippen LogP contribution in [0.25, 0.3) is 11.4 Å². The molecule has 0 radical (unpaired) electrons. The van der Waals surface area contributed by atoms with Crippen molar-refractivity contribution in [3.63, 3.8) is 0 Å². The molecule has 2 aromatic rings. The standard InChI is InChI=1S/C6H6BrN5S/c7-4-1-3(2-13-4)5-10-11-6(8)12(5)9/h1-2H,9H2,(H2,8,11). The third-order valence-electron chi connectivity index (χ3n) is 1.55. The zero-order chi connectivity index (χ0) is 9.42. The predicted octanol–water partition coefficient (Wildman–Crippen LogP) is 1.07. The first-order valence-corrected chi connectivity index (χ1v) is 5.06. The van der Waals surface area contributed by atoms with E-state index >= 15 is 0 Å². The molecule has 0 aliphatic carbocycles. The fraction of sp³-hybridized carbons (Fsp3) is 0. The molecule has 0 spiro atoms. The summed E-state index contributed by atoms with van der Waals surface area (Å²) in [4.78, 5) is 0. The zero-order valence-corrected chi connectivity index (χ0v) is 8.84. The van der Waals surface area contributed by atoms with Crippen molar-refractivity contribution in [1.82, 2.24) is 14.9 Å². The van der Waals surface area contributed by atoms with Gasteiger partial charge in [-0.25, -0.2) is 4.68 Å². The van der Waals surface area contributed by atoms with E-state index in [0.29, 0.717) is 5.82 Å². The minimum atomic E-state index is 0.206. The third kappa shape index (κ3) is 1.40. The maximum absolute atomic E-state index is 5.60. The molecule has 0 bridgehead atoms. The van der Waals surface area contributed by atoms with Crippen LogP contribution in [0.15, 0.2) is 15.2 Å². The maximum Gasteiger partial charge on any atom is 0.241 e. The van der Waals surface area contributed by atoms with Gasteiger partial charge in [0.15, 0.2) is 5.82 Å². The molecule has 0 saturated heterocycles. The molecule has 0 aromatic carbocycles. The summed E-state index contributed by atoms with van der Waals surface area (Å²) in [6.45, 7) is 0. The third-order valence-corrected chi connectivity index (χ3v) is 3.05. The number of thiophene rings is 1. The van der Waals surface area contributed by atoms with Gasteiger partial charge in [0.2, 0.25) is 5.95 Å². The van der Waals surface area contributed by atoms with Gasteiger partial charge in [-0.05, 0) is 22.0 Å². The first-order valence-electron chi connectivity index (χ1n) is 3.39. The molecule has 0 amide bonds. The van der Waals surface area contributed by atoms with E-state index in [-0.39, 0.29) is 5.95 Å². The Hall–Kier alpha value is -1.08. The number of nitrogens with zero attached hydrogens (tertiary/aromatic N) is 3. The number of nitrogen functional groups attached to an aromatic ring is 2. The van der Waals surface area contributed by atoms with Gasteiger partial charge in [0.1, 0.15) is 0 Å². The highest BCUT2D eigenvalue weighted by Crippen LogP contribution is 2.27. The fourth-order valence-corrected chi connectivity index (χ4v) is 2.06. The van der Waals surface area contributed by atoms with Gasteiger partial charge in [0.05, 0.1) is 3.79 Å². The highest BCUT2D eigenvalue weighted by Gasteiger charge is 2.10. The average molecular weight is 260 g/mol. The summed E-state index contributed by atoms with van der Waals surface area (Å²) in [6, 6.07) is 1.91. The minimum absolute atomic E-state index is 0.206. The van der Waals surface area contributed by atoms with Crippen molar-refractivity contribution in [2.45, 2.75) is 0 Å². The molecule has 0 fully saturated rings. The molecular weight excluding hydrogens is 254 g/mol. The molecule has 4 N–H and O–H groups in total. The number of anilines is 1. The number of hydrogen-bond acceptors (Lipinski definition) is 5. The molecule has 2 heterocycles. The van der Waals surface area contributed by atoms with Crippen molar-refractivity contribution in [2.24, 2.45) is 0 Å². The van der Waals surface area contributed by atoms with Crippen LogP contribution in [-0.4, -0.2) is 14.9 Å². The summed E-state index contributed by atoms with van der Waals surface area (Å²) in [7, 11) is 0. The molecule has 68 valence electrons. The van der Waals surface area contributed by atoms with E-state index in [1.807, 2.05) is 11.4 Å². The molecule has 0 unspecified atom stereocenters. The van der Waals surface area contributed by atoms with Gasteiger partial charge in [-0.2, -0.15) is 0 Å². The summed E-state index contributed by atoms with van der Waals surface area (Å²) >= 11 is 4.91. The van der Waals surface area contributed by atoms with Crippen LogP contribution in [0, 0.1) is 0 Å². The van der Waals surface area contributed by atoms with Crippen molar-refractivity contribution in [2.75, 3.05) is 11.6 Å². The van der Waals surface area contributed by atoms with E-state index in [2.05, 4.69) is 26.1 Å². The summed E-state index contributed by atoms with van der Waals surface area (Å²) in [6.07, 6.45) is 0. The Balaban J connectivity index is 2.52. The molecule has 0 aliphatic heterocycles. The second kappa shape index (κ2) is 3.00. The van der Waals surface area contributed by atoms with Gasteiger partial charge in [0, 0.05) is 10.9 Å². The van der Waals surface area contributed by atoms with Gasteiger partial charge in [-0.1, -0.05) is 0 Å². The Labute approximate surface area is 86.5 Å². The van der Waals surface area contributed by atoms with Crippen molar-refractivity contribution in [1.29, 1.82) is 0 Å². The molecule has 7 heteroatoms. The Morgan fingerprint density at radius 3 is 2.69 bits per heavy atom. The van der Waals surface area contributed by atoms with Crippen molar-refractivity contribution < 1.29 is 0 Å². The van der Waals surface area contributed by atoms with Crippen LogP contribution < -0.4 is 11.6 Å². The van der Waals surface area contributed by atoms with Crippen molar-refractivity contribution in [3.8, 4) is 11.4 Å². The van der Waals surface area contributed by atoms with Gasteiger partial charge >= 0.3 is 0 Å². The summed E-state index contributed by atoms with van der Waals surface area (Å²) in [5, 5.41) is 9.43. The second-order valence-corrected chi connectivity index (χ2v) is 4.68. The largest absolute Gasteiger partial charge is 0.366 e. The lowest BCUT2D eigenvalue weighted by atomic mass is 10.3. The molecule has 2 rings (SSSR count). The lowest BCUT2D eigenvalue weighted by molar-refractivity contribution is 1.02. The summed E-state index contributed by atoms with van der Waals surface area (Å²) < 4.78 is 2.28. The number of rotatable bonds is 1. The molecular formula is C6H6BrN5S. The lowest BCUT2D eigenvalue weighted by Gasteiger charge is -1.96. The fourth-order valence-electron chi connectivity index (χ4n) is 0.928. The number of hydrogen-bond donors (Lipinski definition) is 2. The summed E-state index contributed by atoms with van der Waals surface area (Å²) in [5.41, 5.74) is 6.35. The predicted molar refractivity (Wildman–Crippen MR) is 55.6 cm³/mol. The highest BCUT2D eigenvalue weighted by atomic mass is 79.9. The second-order valence-electron chi connectivity index (χ2n) is 2.39. The van der Waals surface area contributed by atoms with Crippen LogP contribution in [0.1, 0.15) is 0 Å². The van der Waals surface area contributed by atoms with E-state index in [1.165, 1.54) is 4.68 Å². The normalized spacial score (nSPS) is 10.5. The van der Waals surface area contributed by atoms with Gasteiger partial charge < -0.3 is 11.6 Å². The number of nitrogens with two attached hydrogens (primary N) is 2. The Bertz CT molecular complexity index is 434. The van der Waals surface area contributed by atoms with Gasteiger partial charge in [-0.3, -0.25) is 0 Å². The molecule has 13 heavy (non-hydrogen) atoms. The molecule has 2 aromatic heterocycles. The van der Waals surface area contributed by atoms with Crippen molar-refractivity contribution in [3.05, 3.63) is 15.2 Å². The smallest absolute Gasteiger partial charge is 0.241 e. The van der Waals surface area contributed by atoms with E-state index < -0.39 is 0 Å². The van der Waals surface area contributed by atoms with Crippen LogP contribution in [0.4, 0.5) is 5.95 Å². The Morgan fingerprint density at radius 1 is 1.46 bits per heavy atom. The molecule has 5 nitrogen and oxygen atoms in total. The first-order chi connectivity index (χ1) is 6.18. The SMILES string of the molecule is Nc1nnc(-c2csc(Br)c2)n1N. The minimum Gasteiger partial charge on any atom is -0.366 e. The zero-order valence-electron chi connectivity index (χ0n) is 6.44. The highest BCUT2D eigenvalue weighted by molar-refractivity contribution is 9.11. The van der Waals surface area contributed by atoms with E-state index in [9.17, 15) is 0 Å². The lowest BCUT2D eigenvalue weighted by Crippen LogP contribution is -2.13. The monoisotopic (exact) mass is 259 g/mol. The average Bonchev–Trinajstić information content (AvgIpc) is 2.62. The molecule has 0 aliphatic rings. The maximum atomic E-state index is 5.60. The van der Waals surface area contributed by atoms with Gasteiger partial charge in [0.25, 0.3) is 0 Å². The van der Waals surface area contributed by atoms with E-state index in [0.717, 1.165) is 9.35 Å². The quantitative estimate of drug-likeness (QED) is 0.751. The van der Waals surface area contributed by atoms with E-state index in [1.54, 1.807) is 11.3 Å². The van der Waals surface area contributed by atoms with Crippen LogP contribution in [0.5, 0.6) is 0 Å². The topological polar surface area (TPSA) is 82.8 Å². The van der Waals surface area contributed by atoms with Crippen LogP contribution in [0.2, 0.25) is 0 Å². The van der Waals surface area contributed by atoms with Crippen molar-refractivity contribution >= 4 is 33.2 Å². The first kappa shape index (κ1) is 8.52. The number of halogens is 1. The summed E-state index contributed by atoms with van der Waals surface area (Å²) in [5.74, 6) is 6.37. The Kier molecular flexibility index (Phi) is 1.97. The van der Waals surface area contributed by atoms with Crippen LogP contribution >= 0.6 is 27.3 Å². The van der Waals surface area contributed by atoms with E-state index in [4.69, 9.17) is 11.6 Å². The molecule has 0 saturated carbocycles. The molecule has 0 atom stereocenters. The van der Waals surface area contributed by atoms with Gasteiger partial charge in [-0.15, -0.1) is 21.5 Å². The van der Waals surface area contributed by atoms with Crippen LogP contribution in [-0.2, 0) is 0 Å².